The molecule has 0 amide bonds. The summed E-state index contributed by atoms with van der Waals surface area (Å²) in [6.45, 7) is 0. The van der Waals surface area contributed by atoms with E-state index in [4.69, 9.17) is 0 Å². The third kappa shape index (κ3) is 1.39. The van der Waals surface area contributed by atoms with E-state index in [0.717, 1.165) is 17.4 Å². The highest BCUT2D eigenvalue weighted by atomic mass is 32.1. The molecular weight excluding hydrogens is 211 g/mol. The Bertz CT molecular complexity index is 453. The maximum atomic E-state index is 13.2. The van der Waals surface area contributed by atoms with E-state index in [1.54, 1.807) is 5.38 Å². The van der Waals surface area contributed by atoms with Gasteiger partial charge in [0.05, 0.1) is 0 Å². The van der Waals surface area contributed by atoms with Gasteiger partial charge in [0.25, 0.3) is 0 Å². The number of rotatable bonds is 1. The number of aromatic nitrogens is 1. The van der Waals surface area contributed by atoms with Crippen LogP contribution >= 0.6 is 11.3 Å². The minimum atomic E-state index is -1.46. The third-order valence-corrected chi connectivity index (χ3v) is 2.50. The van der Waals surface area contributed by atoms with Crippen molar-refractivity contribution in [2.24, 2.45) is 0 Å². The molecule has 0 atom stereocenters. The molecule has 1 heterocycles. The Hall–Kier alpha value is -1.36. The molecule has 0 aliphatic carbocycles. The Morgan fingerprint density at radius 1 is 1.07 bits per heavy atom. The van der Waals surface area contributed by atoms with Crippen molar-refractivity contribution in [3.63, 3.8) is 0 Å². The van der Waals surface area contributed by atoms with Crippen LogP contribution < -0.4 is 0 Å². The predicted molar refractivity (Wildman–Crippen MR) is 47.4 cm³/mol. The van der Waals surface area contributed by atoms with E-state index >= 15 is 0 Å². The molecule has 1 aromatic carbocycles. The monoisotopic (exact) mass is 215 g/mol. The molecule has 0 aliphatic heterocycles. The summed E-state index contributed by atoms with van der Waals surface area (Å²) in [7, 11) is 0. The summed E-state index contributed by atoms with van der Waals surface area (Å²) in [5, 5.41) is 1.97. The van der Waals surface area contributed by atoms with Crippen molar-refractivity contribution in [1.29, 1.82) is 0 Å². The van der Waals surface area contributed by atoms with Crippen LogP contribution in [-0.2, 0) is 0 Å². The largest absolute Gasteiger partial charge is 0.244 e. The molecule has 0 radical (unpaired) electrons. The maximum absolute atomic E-state index is 13.2. The highest BCUT2D eigenvalue weighted by Gasteiger charge is 2.15. The first-order valence-electron chi connectivity index (χ1n) is 3.73. The van der Waals surface area contributed by atoms with Crippen molar-refractivity contribution >= 4 is 11.3 Å². The molecule has 0 spiro atoms. The second-order valence-electron chi connectivity index (χ2n) is 2.56. The van der Waals surface area contributed by atoms with E-state index in [9.17, 15) is 13.2 Å². The van der Waals surface area contributed by atoms with Crippen LogP contribution in [0.2, 0.25) is 0 Å². The minimum Gasteiger partial charge on any atom is -0.244 e. The number of thiazole rings is 1. The second kappa shape index (κ2) is 3.42. The first-order chi connectivity index (χ1) is 6.70. The Labute approximate surface area is 81.8 Å². The van der Waals surface area contributed by atoms with Crippen LogP contribution in [0.1, 0.15) is 0 Å². The molecule has 5 heteroatoms. The first-order valence-corrected chi connectivity index (χ1v) is 4.61. The summed E-state index contributed by atoms with van der Waals surface area (Å²) < 4.78 is 38.6. The van der Waals surface area contributed by atoms with E-state index in [1.807, 2.05) is 0 Å². The van der Waals surface area contributed by atoms with Gasteiger partial charge in [-0.3, -0.25) is 0 Å². The first kappa shape index (κ1) is 9.21. The molecule has 0 saturated heterocycles. The number of hydrogen-bond acceptors (Lipinski definition) is 2. The van der Waals surface area contributed by atoms with Crippen molar-refractivity contribution in [2.75, 3.05) is 0 Å². The maximum Gasteiger partial charge on any atom is 0.195 e. The van der Waals surface area contributed by atoms with Gasteiger partial charge < -0.3 is 0 Å². The fraction of sp³-hybridized carbons (Fsp3) is 0. The molecular formula is C9H4F3NS. The number of halogens is 3. The molecule has 0 N–H and O–H groups in total. The lowest BCUT2D eigenvalue weighted by Crippen LogP contribution is -1.93. The van der Waals surface area contributed by atoms with Gasteiger partial charge in [-0.15, -0.1) is 11.3 Å². The highest BCUT2D eigenvalue weighted by Crippen LogP contribution is 2.27. The molecule has 1 aromatic heterocycles. The van der Waals surface area contributed by atoms with Crippen LogP contribution in [0.4, 0.5) is 13.2 Å². The summed E-state index contributed by atoms with van der Waals surface area (Å²) in [4.78, 5) is 3.81. The Morgan fingerprint density at radius 3 is 2.50 bits per heavy atom. The number of benzene rings is 1. The summed E-state index contributed by atoms with van der Waals surface area (Å²) in [6.07, 6.45) is 1.47. The lowest BCUT2D eigenvalue weighted by atomic mass is 10.2. The average Bonchev–Trinajstić information content (AvgIpc) is 2.67. The van der Waals surface area contributed by atoms with E-state index in [-0.39, 0.29) is 5.56 Å². The van der Waals surface area contributed by atoms with Crippen molar-refractivity contribution in [3.05, 3.63) is 41.2 Å². The predicted octanol–water partition coefficient (Wildman–Crippen LogP) is 3.23. The van der Waals surface area contributed by atoms with Crippen molar-refractivity contribution < 1.29 is 13.2 Å². The summed E-state index contributed by atoms with van der Waals surface area (Å²) in [6, 6.07) is 2.06. The summed E-state index contributed by atoms with van der Waals surface area (Å²) >= 11 is 1.16. The van der Waals surface area contributed by atoms with Gasteiger partial charge in [-0.05, 0) is 12.1 Å². The Balaban J connectivity index is 2.61. The van der Waals surface area contributed by atoms with Crippen LogP contribution in [0.3, 0.4) is 0 Å². The third-order valence-electron chi connectivity index (χ3n) is 1.70. The zero-order valence-corrected chi connectivity index (χ0v) is 7.62. The average molecular weight is 215 g/mol. The standard InChI is InChI=1S/C9H4F3NS/c10-6-2-1-5(7(11)8(6)12)9-13-3-4-14-9/h1-4H. The lowest BCUT2D eigenvalue weighted by Gasteiger charge is -2.00. The van der Waals surface area contributed by atoms with Crippen molar-refractivity contribution in [3.8, 4) is 10.6 Å². The van der Waals surface area contributed by atoms with Gasteiger partial charge >= 0.3 is 0 Å². The van der Waals surface area contributed by atoms with E-state index < -0.39 is 17.5 Å². The molecule has 72 valence electrons. The van der Waals surface area contributed by atoms with Gasteiger partial charge in [0.1, 0.15) is 5.01 Å². The van der Waals surface area contributed by atoms with Crippen LogP contribution in [-0.4, -0.2) is 4.98 Å². The van der Waals surface area contributed by atoms with Crippen molar-refractivity contribution in [2.45, 2.75) is 0 Å². The lowest BCUT2D eigenvalue weighted by molar-refractivity contribution is 0.449. The molecule has 2 aromatic rings. The SMILES string of the molecule is Fc1ccc(-c2nccs2)c(F)c1F. The van der Waals surface area contributed by atoms with E-state index in [0.29, 0.717) is 5.01 Å². The van der Waals surface area contributed by atoms with Crippen LogP contribution in [0.25, 0.3) is 10.6 Å². The van der Waals surface area contributed by atoms with E-state index in [1.165, 1.54) is 12.3 Å². The molecule has 14 heavy (non-hydrogen) atoms. The van der Waals surface area contributed by atoms with Crippen molar-refractivity contribution in [1.82, 2.24) is 4.98 Å². The molecule has 0 aliphatic rings. The molecule has 2 rings (SSSR count). The van der Waals surface area contributed by atoms with Gasteiger partial charge in [-0.25, -0.2) is 18.2 Å². The Kier molecular flexibility index (Phi) is 2.25. The number of hydrogen-bond donors (Lipinski definition) is 0. The molecule has 0 bridgehead atoms. The zero-order chi connectivity index (χ0) is 10.1. The minimum absolute atomic E-state index is 0.0149. The summed E-state index contributed by atoms with van der Waals surface area (Å²) in [5.41, 5.74) is -0.0149. The fourth-order valence-corrected chi connectivity index (χ4v) is 1.70. The fourth-order valence-electron chi connectivity index (χ4n) is 1.05. The van der Waals surface area contributed by atoms with Crippen LogP contribution in [0, 0.1) is 17.5 Å². The van der Waals surface area contributed by atoms with Gasteiger partial charge in [0.15, 0.2) is 17.5 Å². The molecule has 0 saturated carbocycles. The van der Waals surface area contributed by atoms with Gasteiger partial charge in [0, 0.05) is 17.1 Å². The van der Waals surface area contributed by atoms with Crippen LogP contribution in [0.5, 0.6) is 0 Å². The van der Waals surface area contributed by atoms with Crippen LogP contribution in [0.15, 0.2) is 23.7 Å². The smallest absolute Gasteiger partial charge is 0.195 e. The molecule has 1 nitrogen and oxygen atoms in total. The second-order valence-corrected chi connectivity index (χ2v) is 3.45. The van der Waals surface area contributed by atoms with Gasteiger partial charge in [-0.1, -0.05) is 0 Å². The molecule has 0 unspecified atom stereocenters. The van der Waals surface area contributed by atoms with E-state index in [2.05, 4.69) is 4.98 Å². The highest BCUT2D eigenvalue weighted by molar-refractivity contribution is 7.13. The topological polar surface area (TPSA) is 12.9 Å². The Morgan fingerprint density at radius 2 is 1.86 bits per heavy atom. The normalized spacial score (nSPS) is 10.5. The van der Waals surface area contributed by atoms with Gasteiger partial charge in [-0.2, -0.15) is 0 Å². The molecule has 0 fully saturated rings. The zero-order valence-electron chi connectivity index (χ0n) is 6.80. The quantitative estimate of drug-likeness (QED) is 0.665. The van der Waals surface area contributed by atoms with Gasteiger partial charge in [0.2, 0.25) is 0 Å². The number of nitrogens with zero attached hydrogens (tertiary/aromatic N) is 1. The summed E-state index contributed by atoms with van der Waals surface area (Å²) in [5.74, 6) is -3.85.